The Morgan fingerprint density at radius 3 is 1.50 bits per heavy atom. The first-order chi connectivity index (χ1) is 3.91. The van der Waals surface area contributed by atoms with Crippen LogP contribution in [-0.2, 0) is 21.9 Å². The van der Waals surface area contributed by atoms with Crippen molar-refractivity contribution in [2.75, 3.05) is 13.2 Å². The van der Waals surface area contributed by atoms with E-state index in [4.69, 9.17) is 30.1 Å². The van der Waals surface area contributed by atoms with Crippen molar-refractivity contribution in [3.8, 4) is 0 Å². The van der Waals surface area contributed by atoms with Gasteiger partial charge in [-0.25, -0.2) is 0 Å². The number of hydrogen-bond donors (Lipinski definition) is 2. The number of aliphatic hydroxyl groups excluding tert-OH is 1. The minimum Gasteiger partial charge on any atom is -0.822 e. The van der Waals surface area contributed by atoms with E-state index in [0.717, 1.165) is 0 Å². The van der Waals surface area contributed by atoms with Gasteiger partial charge in [0.05, 0.1) is 6.61 Å². The molecule has 0 atom stereocenters. The van der Waals surface area contributed by atoms with E-state index in [1.54, 1.807) is 0 Å². The van der Waals surface area contributed by atoms with Crippen molar-refractivity contribution in [3.05, 3.63) is 0 Å². The molecule has 0 spiro atoms. The summed E-state index contributed by atoms with van der Waals surface area (Å²) in [6, 6.07) is 0. The predicted octanol–water partition coefficient (Wildman–Crippen LogP) is -3.89. The molecule has 6 nitrogen and oxygen atoms in total. The van der Waals surface area contributed by atoms with Gasteiger partial charge >= 0.3 is 17.4 Å². The summed E-state index contributed by atoms with van der Waals surface area (Å²) < 4.78 is 8.55. The molecular formula is C2H7CrNO5P. The van der Waals surface area contributed by atoms with Gasteiger partial charge in [0, 0.05) is 6.54 Å². The van der Waals surface area contributed by atoms with Crippen LogP contribution >= 0.6 is 7.82 Å². The van der Waals surface area contributed by atoms with Crippen LogP contribution in [0, 0.1) is 0 Å². The van der Waals surface area contributed by atoms with E-state index >= 15 is 0 Å². The average molecular weight is 208 g/mol. The summed E-state index contributed by atoms with van der Waals surface area (Å²) in [7, 11) is -5.39. The van der Waals surface area contributed by atoms with E-state index in [9.17, 15) is 0 Å². The quantitative estimate of drug-likeness (QED) is 0.423. The van der Waals surface area contributed by atoms with Crippen LogP contribution in [0.5, 0.6) is 0 Å². The molecule has 0 aromatic carbocycles. The van der Waals surface area contributed by atoms with Crippen LogP contribution in [0.4, 0.5) is 0 Å². The maximum absolute atomic E-state index is 8.55. The van der Waals surface area contributed by atoms with Crippen molar-refractivity contribution in [3.63, 3.8) is 0 Å². The van der Waals surface area contributed by atoms with Crippen LogP contribution in [0.1, 0.15) is 0 Å². The molecule has 0 amide bonds. The van der Waals surface area contributed by atoms with E-state index in [1.807, 2.05) is 0 Å². The second kappa shape index (κ2) is 9.56. The second-order valence-electron chi connectivity index (χ2n) is 0.959. The monoisotopic (exact) mass is 208 g/mol. The molecule has 8 heteroatoms. The van der Waals surface area contributed by atoms with Crippen molar-refractivity contribution in [2.45, 2.75) is 0 Å². The van der Waals surface area contributed by atoms with E-state index in [2.05, 4.69) is 0 Å². The van der Waals surface area contributed by atoms with E-state index in [0.29, 0.717) is 6.54 Å². The topological polar surface area (TPSA) is 132 Å². The number of hydrogen-bond acceptors (Lipinski definition) is 6. The fourth-order valence-corrected chi connectivity index (χ4v) is 0. The Morgan fingerprint density at radius 2 is 1.50 bits per heavy atom. The van der Waals surface area contributed by atoms with Gasteiger partial charge in [-0.2, -0.15) is 7.82 Å². The SMILES string of the molecule is NCCO.O=P([O-])([O-])[O-].[Cr+3]. The Balaban J connectivity index is -0.0000000910. The molecular weight excluding hydrogens is 201 g/mol. The Bertz CT molecular complexity index is 83.4. The van der Waals surface area contributed by atoms with Crippen molar-refractivity contribution in [2.24, 2.45) is 5.73 Å². The molecule has 0 fully saturated rings. The predicted molar refractivity (Wildman–Crippen MR) is 23.7 cm³/mol. The third-order valence-electron chi connectivity index (χ3n) is 0.129. The fraction of sp³-hybridized carbons (Fsp3) is 1.00. The zero-order chi connectivity index (χ0) is 7.91. The number of phosphoric acid groups is 1. The zero-order valence-electron chi connectivity index (χ0n) is 4.93. The first-order valence-electron chi connectivity index (χ1n) is 1.95. The smallest absolute Gasteiger partial charge is 0.822 e. The van der Waals surface area contributed by atoms with Gasteiger partial charge in [-0.1, -0.05) is 0 Å². The summed E-state index contributed by atoms with van der Waals surface area (Å²) in [6.07, 6.45) is 0. The minimum atomic E-state index is -5.39. The molecule has 0 aliphatic heterocycles. The summed E-state index contributed by atoms with van der Waals surface area (Å²) in [5, 5.41) is 7.75. The van der Waals surface area contributed by atoms with E-state index < -0.39 is 7.82 Å². The fourth-order valence-electron chi connectivity index (χ4n) is 0. The van der Waals surface area contributed by atoms with Crippen molar-refractivity contribution in [1.29, 1.82) is 0 Å². The van der Waals surface area contributed by atoms with Gasteiger partial charge in [0.15, 0.2) is 0 Å². The molecule has 0 aromatic rings. The first-order valence-corrected chi connectivity index (χ1v) is 3.42. The van der Waals surface area contributed by atoms with Crippen molar-refractivity contribution < 1.29 is 41.7 Å². The summed E-state index contributed by atoms with van der Waals surface area (Å²) in [6.45, 7) is 0.472. The van der Waals surface area contributed by atoms with E-state index in [1.165, 1.54) is 0 Å². The van der Waals surface area contributed by atoms with Gasteiger partial charge in [0.2, 0.25) is 0 Å². The first kappa shape index (κ1) is 16.9. The van der Waals surface area contributed by atoms with Crippen molar-refractivity contribution >= 4 is 7.82 Å². The second-order valence-corrected chi connectivity index (χ2v) is 1.85. The third-order valence-corrected chi connectivity index (χ3v) is 0.129. The third kappa shape index (κ3) is 201. The largest absolute Gasteiger partial charge is 3.00 e. The summed E-state index contributed by atoms with van der Waals surface area (Å²) in [5.74, 6) is 0. The van der Waals surface area contributed by atoms with Crippen LogP contribution in [0.25, 0.3) is 0 Å². The molecule has 61 valence electrons. The molecule has 1 radical (unpaired) electrons. The number of rotatable bonds is 1. The molecule has 0 aliphatic carbocycles. The summed E-state index contributed by atoms with van der Waals surface area (Å²) in [4.78, 5) is 25.6. The van der Waals surface area contributed by atoms with Gasteiger partial charge in [-0.15, -0.1) is 0 Å². The molecule has 0 rings (SSSR count). The maximum Gasteiger partial charge on any atom is 3.00 e. The standard InChI is InChI=1S/C2H7NO.Cr.H3O4P/c3-1-2-4;;1-5(2,3)4/h4H,1-3H2;;(H3,1,2,3,4)/q;+3;/p-3. The van der Waals surface area contributed by atoms with Crippen LogP contribution in [-0.4, -0.2) is 18.3 Å². The van der Waals surface area contributed by atoms with Crippen LogP contribution in [0.2, 0.25) is 0 Å². The molecule has 0 heterocycles. The maximum atomic E-state index is 8.55. The van der Waals surface area contributed by atoms with Gasteiger partial charge in [-0.05, 0) is 0 Å². The van der Waals surface area contributed by atoms with Gasteiger partial charge in [0.25, 0.3) is 0 Å². The Kier molecular flexibility index (Phi) is 16.1. The molecule has 0 unspecified atom stereocenters. The molecule has 3 N–H and O–H groups in total. The molecule has 0 aromatic heterocycles. The van der Waals surface area contributed by atoms with Crippen LogP contribution in [0.3, 0.4) is 0 Å². The van der Waals surface area contributed by atoms with Crippen LogP contribution in [0.15, 0.2) is 0 Å². The van der Waals surface area contributed by atoms with Gasteiger partial charge < -0.3 is 30.1 Å². The molecule has 10 heavy (non-hydrogen) atoms. The molecule has 0 saturated carbocycles. The number of aliphatic hydroxyl groups is 1. The zero-order valence-corrected chi connectivity index (χ0v) is 7.10. The van der Waals surface area contributed by atoms with Gasteiger partial charge in [-0.3, -0.25) is 0 Å². The van der Waals surface area contributed by atoms with Gasteiger partial charge in [0.1, 0.15) is 0 Å². The summed E-state index contributed by atoms with van der Waals surface area (Å²) in [5.41, 5.74) is 4.78. The normalized spacial score (nSPS) is 8.90. The Labute approximate surface area is 69.0 Å². The molecule has 0 aliphatic rings. The number of nitrogens with two attached hydrogens (primary N) is 1. The Morgan fingerprint density at radius 1 is 1.40 bits per heavy atom. The minimum absolute atomic E-state index is 0. The Hall–Kier alpha value is 0.562. The van der Waals surface area contributed by atoms with E-state index in [-0.39, 0.29) is 24.0 Å². The molecule has 0 saturated heterocycles. The summed E-state index contributed by atoms with van der Waals surface area (Å²) >= 11 is 0. The molecule has 0 bridgehead atoms. The average Bonchev–Trinajstić information content (AvgIpc) is 1.61. The van der Waals surface area contributed by atoms with Crippen LogP contribution < -0.4 is 20.4 Å². The van der Waals surface area contributed by atoms with Crippen molar-refractivity contribution in [1.82, 2.24) is 0 Å².